The summed E-state index contributed by atoms with van der Waals surface area (Å²) in [5.41, 5.74) is 6.23. The summed E-state index contributed by atoms with van der Waals surface area (Å²) in [6, 6.07) is 1.45. The van der Waals surface area contributed by atoms with E-state index in [0.29, 0.717) is 18.5 Å². The van der Waals surface area contributed by atoms with Gasteiger partial charge in [-0.2, -0.15) is 13.5 Å². The molecule has 11 heteroatoms. The molecule has 1 aliphatic heterocycles. The second-order valence-electron chi connectivity index (χ2n) is 10.4. The molecule has 1 aromatic heterocycles. The van der Waals surface area contributed by atoms with E-state index in [2.05, 4.69) is 26.1 Å². The number of carbonyl (C=O) groups is 1. The first-order valence-electron chi connectivity index (χ1n) is 12.8. The van der Waals surface area contributed by atoms with E-state index < -0.39 is 16.2 Å². The number of likely N-dealkylation sites (tertiary alicyclic amines) is 1. The molecule has 0 bridgehead atoms. The first-order chi connectivity index (χ1) is 16.7. The summed E-state index contributed by atoms with van der Waals surface area (Å²) in [5, 5.41) is 7.31. The van der Waals surface area contributed by atoms with Crippen molar-refractivity contribution in [1.82, 2.24) is 19.4 Å². The van der Waals surface area contributed by atoms with Gasteiger partial charge in [0.2, 0.25) is 0 Å². The van der Waals surface area contributed by atoms with Gasteiger partial charge in [0.1, 0.15) is 0 Å². The molecule has 1 aromatic carbocycles. The minimum absolute atomic E-state index is 0. The van der Waals surface area contributed by atoms with Crippen LogP contribution >= 0.6 is 0 Å². The summed E-state index contributed by atoms with van der Waals surface area (Å²) >= 11 is 0. The van der Waals surface area contributed by atoms with Gasteiger partial charge in [-0.3, -0.25) is 4.68 Å². The summed E-state index contributed by atoms with van der Waals surface area (Å²) in [7, 11) is -2.12. The Labute approximate surface area is 236 Å². The molecule has 9 nitrogen and oxygen atoms in total. The number of nitrogens with zero attached hydrogens (tertiary/aromatic N) is 4. The van der Waals surface area contributed by atoms with Gasteiger partial charge >= 0.3 is 45.8 Å². The number of hydrogen-bond donors (Lipinski definition) is 2. The third-order valence-corrected chi connectivity index (χ3v) is 9.05. The van der Waals surface area contributed by atoms with Crippen molar-refractivity contribution in [3.63, 3.8) is 0 Å². The van der Waals surface area contributed by atoms with Crippen molar-refractivity contribution in [2.24, 2.45) is 0 Å². The maximum atomic E-state index is 13.7. The van der Waals surface area contributed by atoms with E-state index >= 15 is 0 Å². The summed E-state index contributed by atoms with van der Waals surface area (Å²) in [6.07, 6.45) is 10.7. The van der Waals surface area contributed by atoms with Crippen LogP contribution in [0.25, 0.3) is 0 Å². The molecule has 2 aromatic rings. The Morgan fingerprint density at radius 1 is 1.08 bits per heavy atom. The molecule has 192 valence electrons. The molecule has 0 unspecified atom stereocenters. The first kappa shape index (κ1) is 27.4. The molecule has 2 aliphatic carbocycles. The number of aromatic nitrogens is 2. The molecule has 2 heterocycles. The molecule has 0 spiro atoms. The van der Waals surface area contributed by atoms with Crippen molar-refractivity contribution >= 4 is 57.2 Å². The van der Waals surface area contributed by atoms with Gasteiger partial charge in [0.05, 0.1) is 11.9 Å². The Balaban J connectivity index is 0.00000304. The van der Waals surface area contributed by atoms with E-state index in [1.165, 1.54) is 26.6 Å². The Morgan fingerprint density at radius 2 is 1.69 bits per heavy atom. The number of anilines is 2. The second-order valence-corrected chi connectivity index (χ2v) is 11.9. The molecule has 36 heavy (non-hydrogen) atoms. The van der Waals surface area contributed by atoms with E-state index in [1.54, 1.807) is 17.1 Å². The number of amides is 2. The molecule has 2 amide bonds. The van der Waals surface area contributed by atoms with Crippen LogP contribution in [-0.2, 0) is 35.9 Å². The maximum absolute atomic E-state index is 13.7. The third kappa shape index (κ3) is 5.48. The molecule has 5 rings (SSSR count). The Morgan fingerprint density at radius 3 is 2.25 bits per heavy atom. The number of hydrogen-bond acceptors (Lipinski definition) is 5. The van der Waals surface area contributed by atoms with Gasteiger partial charge < -0.3 is 10.2 Å². The normalized spacial score (nSPS) is 18.0. The number of benzene rings is 1. The van der Waals surface area contributed by atoms with Gasteiger partial charge in [-0.1, -0.05) is 6.07 Å². The zero-order valence-corrected chi connectivity index (χ0v) is 21.7. The molecule has 0 radical (unpaired) electrons. The van der Waals surface area contributed by atoms with Crippen molar-refractivity contribution in [3.05, 3.63) is 40.7 Å². The van der Waals surface area contributed by atoms with Crippen molar-refractivity contribution in [2.45, 2.75) is 77.3 Å². The molecular formula is C25H37N6NaO3S. The average molecular weight is 525 g/mol. The number of nitrogens with one attached hydrogen (secondary N) is 2. The number of aryl methyl sites for hydroxylation is 2. The molecule has 2 N–H and O–H groups in total. The van der Waals surface area contributed by atoms with E-state index in [-0.39, 0.29) is 41.6 Å². The molecule has 1 fully saturated rings. The van der Waals surface area contributed by atoms with Crippen LogP contribution in [0.4, 0.5) is 16.2 Å². The summed E-state index contributed by atoms with van der Waals surface area (Å²) in [4.78, 5) is 15.3. The SMILES string of the molecule is CC(C)n1cc(N(C2CCN(C)CC2)S(=O)(=O)NC(=O)Nc2c3c(cc4c2CCC4)CCC3)cn1.[NaH]. The van der Waals surface area contributed by atoms with Crippen molar-refractivity contribution in [1.29, 1.82) is 0 Å². The van der Waals surface area contributed by atoms with Crippen molar-refractivity contribution < 1.29 is 13.2 Å². The van der Waals surface area contributed by atoms with Gasteiger partial charge in [0, 0.05) is 24.0 Å². The van der Waals surface area contributed by atoms with Gasteiger partial charge in [0.15, 0.2) is 0 Å². The van der Waals surface area contributed by atoms with Crippen molar-refractivity contribution in [3.8, 4) is 0 Å². The first-order valence-corrected chi connectivity index (χ1v) is 14.2. The number of carbonyl (C=O) groups excluding carboxylic acids is 1. The van der Waals surface area contributed by atoms with Crippen LogP contribution < -0.4 is 14.3 Å². The van der Waals surface area contributed by atoms with E-state index in [4.69, 9.17) is 0 Å². The average Bonchev–Trinajstić information content (AvgIpc) is 3.55. The Bertz CT molecular complexity index is 1190. The predicted molar refractivity (Wildman–Crippen MR) is 144 cm³/mol. The predicted octanol–water partition coefficient (Wildman–Crippen LogP) is 2.76. The van der Waals surface area contributed by atoms with Crippen LogP contribution in [0.2, 0.25) is 0 Å². The third-order valence-electron chi connectivity index (χ3n) is 7.58. The van der Waals surface area contributed by atoms with Crippen LogP contribution in [0, 0.1) is 0 Å². The van der Waals surface area contributed by atoms with Gasteiger partial charge in [-0.05, 0) is 108 Å². The molecule has 3 aliphatic rings. The zero-order chi connectivity index (χ0) is 24.7. The molecule has 0 atom stereocenters. The second kappa shape index (κ2) is 11.0. The standard InChI is InChI=1S/C25H36N6O3S.Na.H/c1-17(2)30-16-21(15-26-30)31(20-10-12-29(3)13-11-20)35(33,34)28-25(32)27-24-22-8-4-6-18(22)14-19-7-5-9-23(19)24;;/h14-17,20H,4-13H2,1-3H3,(H2,27,28,32);;. The van der Waals surface area contributed by atoms with Crippen LogP contribution in [0.1, 0.15) is 67.8 Å². The molecular weight excluding hydrogens is 487 g/mol. The fourth-order valence-electron chi connectivity index (χ4n) is 5.77. The van der Waals surface area contributed by atoms with Crippen LogP contribution in [0.3, 0.4) is 0 Å². The topological polar surface area (TPSA) is 99.6 Å². The minimum atomic E-state index is -4.15. The summed E-state index contributed by atoms with van der Waals surface area (Å²) in [5.74, 6) is 0. The summed E-state index contributed by atoms with van der Waals surface area (Å²) < 4.78 is 32.8. The van der Waals surface area contributed by atoms with Gasteiger partial charge in [-0.25, -0.2) is 13.8 Å². The van der Waals surface area contributed by atoms with E-state index in [0.717, 1.165) is 57.3 Å². The Hall–Kier alpha value is -1.59. The number of piperidine rings is 1. The molecule has 1 saturated heterocycles. The van der Waals surface area contributed by atoms with Crippen LogP contribution in [-0.4, -0.2) is 84.9 Å². The Kier molecular flexibility index (Phi) is 8.41. The van der Waals surface area contributed by atoms with Gasteiger partial charge in [0.25, 0.3) is 0 Å². The number of rotatable bonds is 6. The number of fused-ring (bicyclic) bond motifs is 2. The summed E-state index contributed by atoms with van der Waals surface area (Å²) in [6.45, 7) is 5.58. The monoisotopic (exact) mass is 524 g/mol. The fraction of sp³-hybridized carbons (Fsp3) is 0.600. The van der Waals surface area contributed by atoms with Crippen LogP contribution in [0.5, 0.6) is 0 Å². The van der Waals surface area contributed by atoms with E-state index in [1.807, 2.05) is 20.9 Å². The molecule has 0 saturated carbocycles. The van der Waals surface area contributed by atoms with Gasteiger partial charge in [-0.15, -0.1) is 0 Å². The van der Waals surface area contributed by atoms with Crippen LogP contribution in [0.15, 0.2) is 18.5 Å². The zero-order valence-electron chi connectivity index (χ0n) is 20.9. The van der Waals surface area contributed by atoms with Crippen molar-refractivity contribution in [2.75, 3.05) is 29.8 Å². The number of urea groups is 1. The van der Waals surface area contributed by atoms with E-state index in [9.17, 15) is 13.2 Å². The fourth-order valence-corrected chi connectivity index (χ4v) is 7.13. The quantitative estimate of drug-likeness (QED) is 0.566.